The maximum absolute atomic E-state index is 10.6. The SMILES string of the molecule is Cn1cccc1CN(CC1CCCO1)CC(O)c1ccccc1. The molecule has 2 aromatic rings. The minimum absolute atomic E-state index is 0.290. The zero-order valence-corrected chi connectivity index (χ0v) is 13.8. The molecule has 0 amide bonds. The Morgan fingerprint density at radius 2 is 2.09 bits per heavy atom. The van der Waals surface area contributed by atoms with Crippen molar-refractivity contribution in [3.05, 3.63) is 59.9 Å². The number of rotatable bonds is 7. The molecule has 1 aliphatic heterocycles. The Hall–Kier alpha value is -1.62. The van der Waals surface area contributed by atoms with Gasteiger partial charge in [0.25, 0.3) is 0 Å². The summed E-state index contributed by atoms with van der Waals surface area (Å²) in [6, 6.07) is 14.1. The second-order valence-corrected chi connectivity index (χ2v) is 6.37. The van der Waals surface area contributed by atoms with E-state index in [-0.39, 0.29) is 0 Å². The molecule has 1 N–H and O–H groups in total. The highest BCUT2D eigenvalue weighted by Crippen LogP contribution is 2.19. The monoisotopic (exact) mass is 314 g/mol. The van der Waals surface area contributed by atoms with Crippen molar-refractivity contribution in [2.75, 3.05) is 19.7 Å². The summed E-state index contributed by atoms with van der Waals surface area (Å²) in [5, 5.41) is 10.6. The Bertz CT molecular complexity index is 590. The van der Waals surface area contributed by atoms with Crippen LogP contribution in [0.3, 0.4) is 0 Å². The Kier molecular flexibility index (Phi) is 5.49. The standard InChI is InChI=1S/C19H26N2O2/c1-20-11-5-9-17(20)13-21(14-18-10-6-12-23-18)15-19(22)16-7-3-2-4-8-16/h2-5,7-9,11,18-19,22H,6,10,12-15H2,1H3. The van der Waals surface area contributed by atoms with Crippen molar-refractivity contribution in [1.82, 2.24) is 9.47 Å². The van der Waals surface area contributed by atoms with Gasteiger partial charge in [0, 0.05) is 45.2 Å². The van der Waals surface area contributed by atoms with Crippen molar-refractivity contribution >= 4 is 0 Å². The molecule has 1 aliphatic rings. The van der Waals surface area contributed by atoms with Crippen LogP contribution in [0.1, 0.15) is 30.2 Å². The molecule has 0 aliphatic carbocycles. The van der Waals surface area contributed by atoms with E-state index in [9.17, 15) is 5.11 Å². The molecule has 2 atom stereocenters. The Labute approximate surface area is 138 Å². The van der Waals surface area contributed by atoms with Crippen LogP contribution in [0, 0.1) is 0 Å². The topological polar surface area (TPSA) is 37.6 Å². The zero-order valence-electron chi connectivity index (χ0n) is 13.8. The quantitative estimate of drug-likeness (QED) is 0.854. The van der Waals surface area contributed by atoms with Crippen LogP contribution in [0.4, 0.5) is 0 Å². The van der Waals surface area contributed by atoms with Crippen molar-refractivity contribution in [2.45, 2.75) is 31.6 Å². The van der Waals surface area contributed by atoms with E-state index in [2.05, 4.69) is 34.8 Å². The van der Waals surface area contributed by atoms with E-state index in [0.717, 1.165) is 38.1 Å². The minimum atomic E-state index is -0.474. The highest BCUT2D eigenvalue weighted by atomic mass is 16.5. The first-order chi connectivity index (χ1) is 11.2. The lowest BCUT2D eigenvalue weighted by molar-refractivity contribution is 0.0452. The van der Waals surface area contributed by atoms with Crippen LogP contribution in [-0.2, 0) is 18.3 Å². The molecule has 23 heavy (non-hydrogen) atoms. The van der Waals surface area contributed by atoms with Gasteiger partial charge in [0.15, 0.2) is 0 Å². The maximum Gasteiger partial charge on any atom is 0.0917 e. The number of ether oxygens (including phenoxy) is 1. The van der Waals surface area contributed by atoms with Gasteiger partial charge in [0.2, 0.25) is 0 Å². The lowest BCUT2D eigenvalue weighted by atomic mass is 10.1. The first kappa shape index (κ1) is 16.2. The Morgan fingerprint density at radius 1 is 1.26 bits per heavy atom. The summed E-state index contributed by atoms with van der Waals surface area (Å²) in [7, 11) is 2.06. The van der Waals surface area contributed by atoms with E-state index in [0.29, 0.717) is 12.6 Å². The highest BCUT2D eigenvalue weighted by Gasteiger charge is 2.22. The van der Waals surface area contributed by atoms with Gasteiger partial charge in [-0.1, -0.05) is 30.3 Å². The van der Waals surface area contributed by atoms with E-state index >= 15 is 0 Å². The molecule has 1 aromatic carbocycles. The van der Waals surface area contributed by atoms with Gasteiger partial charge in [-0.15, -0.1) is 0 Å². The van der Waals surface area contributed by atoms with Crippen LogP contribution >= 0.6 is 0 Å². The van der Waals surface area contributed by atoms with Crippen LogP contribution in [0.15, 0.2) is 48.7 Å². The molecule has 0 radical (unpaired) electrons. The van der Waals surface area contributed by atoms with Gasteiger partial charge in [-0.2, -0.15) is 0 Å². The third kappa shape index (κ3) is 4.44. The molecule has 3 rings (SSSR count). The number of benzene rings is 1. The molecule has 4 heteroatoms. The summed E-state index contributed by atoms with van der Waals surface area (Å²) >= 11 is 0. The van der Waals surface area contributed by atoms with E-state index < -0.39 is 6.10 Å². The van der Waals surface area contributed by atoms with Crippen molar-refractivity contribution in [1.29, 1.82) is 0 Å². The van der Waals surface area contributed by atoms with Crippen LogP contribution in [-0.4, -0.2) is 40.4 Å². The summed E-state index contributed by atoms with van der Waals surface area (Å²) < 4.78 is 7.93. The minimum Gasteiger partial charge on any atom is -0.387 e. The van der Waals surface area contributed by atoms with Gasteiger partial charge in [0.1, 0.15) is 0 Å². The van der Waals surface area contributed by atoms with E-state index in [1.807, 2.05) is 30.3 Å². The molecule has 4 nitrogen and oxygen atoms in total. The molecular weight excluding hydrogens is 288 g/mol. The van der Waals surface area contributed by atoms with Crippen molar-refractivity contribution < 1.29 is 9.84 Å². The lowest BCUT2D eigenvalue weighted by Gasteiger charge is -2.27. The zero-order chi connectivity index (χ0) is 16.1. The normalized spacial score (nSPS) is 19.3. The van der Waals surface area contributed by atoms with Crippen LogP contribution in [0.2, 0.25) is 0 Å². The fourth-order valence-electron chi connectivity index (χ4n) is 3.19. The van der Waals surface area contributed by atoms with Gasteiger partial charge in [-0.25, -0.2) is 0 Å². The van der Waals surface area contributed by atoms with E-state index in [1.54, 1.807) is 0 Å². The number of aliphatic hydroxyl groups is 1. The predicted molar refractivity (Wildman–Crippen MR) is 91.1 cm³/mol. The summed E-state index contributed by atoms with van der Waals surface area (Å²) in [6.45, 7) is 3.18. The second-order valence-electron chi connectivity index (χ2n) is 6.37. The first-order valence-corrected chi connectivity index (χ1v) is 8.39. The predicted octanol–water partition coefficient (Wildman–Crippen LogP) is 2.74. The molecule has 0 saturated carbocycles. The second kappa shape index (κ2) is 7.77. The van der Waals surface area contributed by atoms with Crippen molar-refractivity contribution in [3.63, 3.8) is 0 Å². The van der Waals surface area contributed by atoms with E-state index in [4.69, 9.17) is 4.74 Å². The number of hydrogen-bond donors (Lipinski definition) is 1. The van der Waals surface area contributed by atoms with Crippen molar-refractivity contribution in [3.8, 4) is 0 Å². The molecule has 1 fully saturated rings. The van der Waals surface area contributed by atoms with Gasteiger partial charge in [0.05, 0.1) is 12.2 Å². The van der Waals surface area contributed by atoms with Gasteiger partial charge >= 0.3 is 0 Å². The molecule has 2 heterocycles. The molecular formula is C19H26N2O2. The molecule has 0 spiro atoms. The van der Waals surface area contributed by atoms with E-state index in [1.165, 1.54) is 5.69 Å². The summed E-state index contributed by atoms with van der Waals surface area (Å²) in [5.74, 6) is 0. The number of nitrogens with zero attached hydrogens (tertiary/aromatic N) is 2. The lowest BCUT2D eigenvalue weighted by Crippen LogP contribution is -2.35. The van der Waals surface area contributed by atoms with Crippen LogP contribution < -0.4 is 0 Å². The third-order valence-electron chi connectivity index (χ3n) is 4.54. The molecule has 1 aromatic heterocycles. The number of hydrogen-bond acceptors (Lipinski definition) is 3. The van der Waals surface area contributed by atoms with Gasteiger partial charge < -0.3 is 14.4 Å². The van der Waals surface area contributed by atoms with Gasteiger partial charge in [-0.3, -0.25) is 4.90 Å². The van der Waals surface area contributed by atoms with Gasteiger partial charge in [-0.05, 0) is 30.5 Å². The Morgan fingerprint density at radius 3 is 2.74 bits per heavy atom. The molecule has 0 bridgehead atoms. The van der Waals surface area contributed by atoms with Crippen molar-refractivity contribution in [2.24, 2.45) is 7.05 Å². The third-order valence-corrected chi connectivity index (χ3v) is 4.54. The average Bonchev–Trinajstić information content (AvgIpc) is 3.21. The highest BCUT2D eigenvalue weighted by molar-refractivity contribution is 5.17. The molecule has 124 valence electrons. The summed E-state index contributed by atoms with van der Waals surface area (Å²) in [5.41, 5.74) is 2.22. The molecule has 1 saturated heterocycles. The fraction of sp³-hybridized carbons (Fsp3) is 0.474. The van der Waals surface area contributed by atoms with Crippen LogP contribution in [0.5, 0.6) is 0 Å². The maximum atomic E-state index is 10.6. The average molecular weight is 314 g/mol. The number of aromatic nitrogens is 1. The fourth-order valence-corrected chi connectivity index (χ4v) is 3.19. The number of aliphatic hydroxyl groups excluding tert-OH is 1. The first-order valence-electron chi connectivity index (χ1n) is 8.39. The van der Waals surface area contributed by atoms with Crippen LogP contribution in [0.25, 0.3) is 0 Å². The summed E-state index contributed by atoms with van der Waals surface area (Å²) in [6.07, 6.45) is 4.14. The largest absolute Gasteiger partial charge is 0.387 e. The summed E-state index contributed by atoms with van der Waals surface area (Å²) in [4.78, 5) is 2.31. The Balaban J connectivity index is 1.67. The number of aryl methyl sites for hydroxylation is 1. The molecule has 2 unspecified atom stereocenters. The smallest absolute Gasteiger partial charge is 0.0917 e.